The van der Waals surface area contributed by atoms with Crippen LogP contribution in [0.1, 0.15) is 0 Å². The maximum atomic E-state index is 12.2. The number of aliphatic hydroxyl groups excluding tert-OH is 1. The summed E-state index contributed by atoms with van der Waals surface area (Å²) in [7, 11) is -4.17. The molecule has 0 saturated heterocycles. The summed E-state index contributed by atoms with van der Waals surface area (Å²) in [6, 6.07) is 4.41. The molecule has 120 valence electrons. The molecule has 0 saturated carbocycles. The van der Waals surface area contributed by atoms with E-state index in [0.717, 1.165) is 12.1 Å². The van der Waals surface area contributed by atoms with Crippen LogP contribution in [0.15, 0.2) is 29.2 Å². The summed E-state index contributed by atoms with van der Waals surface area (Å²) in [5.41, 5.74) is 0. The van der Waals surface area contributed by atoms with Gasteiger partial charge in [0.05, 0.1) is 19.8 Å². The molecular formula is C11H14F3NO5S. The number of benzene rings is 1. The summed E-state index contributed by atoms with van der Waals surface area (Å²) in [5, 5.41) is 8.46. The van der Waals surface area contributed by atoms with Crippen molar-refractivity contribution in [3.63, 3.8) is 0 Å². The molecule has 1 aromatic carbocycles. The molecule has 0 fully saturated rings. The topological polar surface area (TPSA) is 84.9 Å². The minimum atomic E-state index is -4.99. The Morgan fingerprint density at radius 1 is 1.19 bits per heavy atom. The summed E-state index contributed by atoms with van der Waals surface area (Å²) in [5.74, 6) is -0.811. The molecule has 0 amide bonds. The Labute approximate surface area is 119 Å². The Bertz CT molecular complexity index is 547. The van der Waals surface area contributed by atoms with E-state index >= 15 is 0 Å². The van der Waals surface area contributed by atoms with Crippen LogP contribution in [0.25, 0.3) is 0 Å². The summed E-state index contributed by atoms with van der Waals surface area (Å²) in [4.78, 5) is -0.621. The maximum Gasteiger partial charge on any atom is 0.573 e. The van der Waals surface area contributed by atoms with Crippen LogP contribution in [-0.2, 0) is 14.8 Å². The van der Waals surface area contributed by atoms with Gasteiger partial charge in [0.15, 0.2) is 0 Å². The molecule has 0 heterocycles. The van der Waals surface area contributed by atoms with Crippen molar-refractivity contribution >= 4 is 10.0 Å². The second-order valence-corrected chi connectivity index (χ2v) is 5.46. The molecule has 0 bridgehead atoms. The Morgan fingerprint density at radius 2 is 1.86 bits per heavy atom. The molecule has 0 aliphatic rings. The van der Waals surface area contributed by atoms with Crippen LogP contribution in [-0.4, -0.2) is 46.3 Å². The lowest BCUT2D eigenvalue weighted by Crippen LogP contribution is -2.29. The smallest absolute Gasteiger partial charge is 0.404 e. The Balaban J connectivity index is 2.78. The highest BCUT2D eigenvalue weighted by molar-refractivity contribution is 7.89. The van der Waals surface area contributed by atoms with Gasteiger partial charge in [-0.05, 0) is 12.1 Å². The third-order valence-electron chi connectivity index (χ3n) is 2.14. The van der Waals surface area contributed by atoms with E-state index < -0.39 is 27.0 Å². The van der Waals surface area contributed by atoms with Gasteiger partial charge in [0, 0.05) is 6.54 Å². The average Bonchev–Trinajstić information content (AvgIpc) is 2.37. The molecule has 0 aliphatic heterocycles. The summed E-state index contributed by atoms with van der Waals surface area (Å²) < 4.78 is 71.1. The fourth-order valence-corrected chi connectivity index (χ4v) is 2.51. The van der Waals surface area contributed by atoms with Crippen LogP contribution >= 0.6 is 0 Å². The van der Waals surface area contributed by atoms with E-state index in [9.17, 15) is 21.6 Å². The first kappa shape index (κ1) is 17.7. The van der Waals surface area contributed by atoms with E-state index in [1.165, 1.54) is 12.1 Å². The van der Waals surface area contributed by atoms with E-state index in [4.69, 9.17) is 9.84 Å². The summed E-state index contributed by atoms with van der Waals surface area (Å²) in [6.07, 6.45) is -4.99. The number of ether oxygens (including phenoxy) is 2. The molecule has 0 radical (unpaired) electrons. The number of aliphatic hydroxyl groups is 1. The lowest BCUT2D eigenvalue weighted by Gasteiger charge is -2.13. The third kappa shape index (κ3) is 6.29. The zero-order valence-electron chi connectivity index (χ0n) is 10.8. The van der Waals surface area contributed by atoms with Gasteiger partial charge in [-0.3, -0.25) is 0 Å². The Hall–Kier alpha value is -1.36. The molecule has 1 aromatic rings. The average molecular weight is 329 g/mol. The van der Waals surface area contributed by atoms with Crippen molar-refractivity contribution in [1.29, 1.82) is 0 Å². The number of halogens is 3. The number of hydrogen-bond donors (Lipinski definition) is 2. The second-order valence-electron chi connectivity index (χ2n) is 3.73. The highest BCUT2D eigenvalue weighted by Gasteiger charge is 2.33. The first-order chi connectivity index (χ1) is 9.76. The highest BCUT2D eigenvalue weighted by atomic mass is 32.2. The minimum Gasteiger partial charge on any atom is -0.404 e. The van der Waals surface area contributed by atoms with E-state index in [2.05, 4.69) is 9.46 Å². The zero-order chi connectivity index (χ0) is 15.9. The molecule has 0 atom stereocenters. The van der Waals surface area contributed by atoms with Gasteiger partial charge in [0.25, 0.3) is 0 Å². The molecule has 0 spiro atoms. The van der Waals surface area contributed by atoms with Crippen molar-refractivity contribution < 1.29 is 36.2 Å². The van der Waals surface area contributed by atoms with E-state index in [-0.39, 0.29) is 26.4 Å². The van der Waals surface area contributed by atoms with Crippen molar-refractivity contribution in [3.05, 3.63) is 24.3 Å². The largest absolute Gasteiger partial charge is 0.573 e. The molecule has 0 aliphatic carbocycles. The number of alkyl halides is 3. The van der Waals surface area contributed by atoms with Crippen LogP contribution in [0.4, 0.5) is 13.2 Å². The van der Waals surface area contributed by atoms with Crippen molar-refractivity contribution in [2.24, 2.45) is 0 Å². The van der Waals surface area contributed by atoms with Crippen LogP contribution in [0.2, 0.25) is 0 Å². The normalized spacial score (nSPS) is 12.4. The van der Waals surface area contributed by atoms with E-state index in [1.54, 1.807) is 0 Å². The monoisotopic (exact) mass is 329 g/mol. The summed E-state index contributed by atoms with van der Waals surface area (Å²) in [6.45, 7) is -0.352. The number of nitrogens with one attached hydrogen (secondary N) is 1. The second kappa shape index (κ2) is 7.59. The van der Waals surface area contributed by atoms with Crippen LogP contribution in [0.5, 0.6) is 5.75 Å². The van der Waals surface area contributed by atoms with Crippen LogP contribution < -0.4 is 9.46 Å². The lowest BCUT2D eigenvalue weighted by atomic mass is 10.3. The van der Waals surface area contributed by atoms with Gasteiger partial charge in [0.1, 0.15) is 10.6 Å². The molecular weight excluding hydrogens is 315 g/mol. The number of sulfonamides is 1. The van der Waals surface area contributed by atoms with Crippen molar-refractivity contribution in [2.45, 2.75) is 11.3 Å². The fraction of sp³-hybridized carbons (Fsp3) is 0.455. The standard InChI is InChI=1S/C11H14F3NO5S/c12-11(13,14)20-9-3-1-2-4-10(9)21(17,18)15-5-7-19-8-6-16/h1-4,15-16H,5-8H2. The van der Waals surface area contributed by atoms with E-state index in [1.807, 2.05) is 0 Å². The first-order valence-electron chi connectivity index (χ1n) is 5.79. The van der Waals surface area contributed by atoms with Gasteiger partial charge in [-0.2, -0.15) is 0 Å². The van der Waals surface area contributed by atoms with Crippen molar-refractivity contribution in [3.8, 4) is 5.75 Å². The van der Waals surface area contributed by atoms with Gasteiger partial charge >= 0.3 is 6.36 Å². The molecule has 2 N–H and O–H groups in total. The van der Waals surface area contributed by atoms with Crippen molar-refractivity contribution in [1.82, 2.24) is 4.72 Å². The lowest BCUT2D eigenvalue weighted by molar-refractivity contribution is -0.275. The first-order valence-corrected chi connectivity index (χ1v) is 7.27. The van der Waals surface area contributed by atoms with Gasteiger partial charge in [-0.15, -0.1) is 13.2 Å². The number of rotatable bonds is 8. The van der Waals surface area contributed by atoms with Gasteiger partial charge < -0.3 is 14.6 Å². The Morgan fingerprint density at radius 3 is 2.48 bits per heavy atom. The highest BCUT2D eigenvalue weighted by Crippen LogP contribution is 2.28. The zero-order valence-corrected chi connectivity index (χ0v) is 11.6. The Kier molecular flexibility index (Phi) is 6.40. The minimum absolute atomic E-state index is 0.0257. The number of hydrogen-bond acceptors (Lipinski definition) is 5. The fourth-order valence-electron chi connectivity index (χ4n) is 1.37. The van der Waals surface area contributed by atoms with Crippen LogP contribution in [0.3, 0.4) is 0 Å². The molecule has 1 rings (SSSR count). The predicted molar refractivity (Wildman–Crippen MR) is 66.2 cm³/mol. The maximum absolute atomic E-state index is 12.2. The molecule has 21 heavy (non-hydrogen) atoms. The van der Waals surface area contributed by atoms with Crippen LogP contribution in [0, 0.1) is 0 Å². The van der Waals surface area contributed by atoms with Gasteiger partial charge in [-0.1, -0.05) is 12.1 Å². The SMILES string of the molecule is O=S(=O)(NCCOCCO)c1ccccc1OC(F)(F)F. The predicted octanol–water partition coefficient (Wildman–Crippen LogP) is 0.872. The third-order valence-corrected chi connectivity index (χ3v) is 3.64. The van der Waals surface area contributed by atoms with Crippen molar-refractivity contribution in [2.75, 3.05) is 26.4 Å². The molecule has 0 unspecified atom stereocenters. The summed E-state index contributed by atoms with van der Waals surface area (Å²) >= 11 is 0. The van der Waals surface area contributed by atoms with E-state index in [0.29, 0.717) is 0 Å². The number of para-hydroxylation sites is 1. The molecule has 10 heteroatoms. The molecule has 6 nitrogen and oxygen atoms in total. The van der Waals surface area contributed by atoms with Gasteiger partial charge in [-0.25, -0.2) is 13.1 Å². The quantitative estimate of drug-likeness (QED) is 0.692. The molecule has 0 aromatic heterocycles. The van der Waals surface area contributed by atoms with Gasteiger partial charge in [0.2, 0.25) is 10.0 Å².